The normalized spacial score (nSPS) is 16.5. The van der Waals surface area contributed by atoms with Crippen LogP contribution in [0.3, 0.4) is 0 Å². The number of benzene rings is 1. The van der Waals surface area contributed by atoms with E-state index in [9.17, 15) is 4.79 Å². The van der Waals surface area contributed by atoms with Crippen LogP contribution in [0.25, 0.3) is 33.5 Å². The largest absolute Gasteiger partial charge is 0.378 e. The van der Waals surface area contributed by atoms with Crippen LogP contribution in [0.2, 0.25) is 0 Å². The van der Waals surface area contributed by atoms with E-state index >= 15 is 0 Å². The number of piperazine rings is 1. The number of carbonyl (C=O) groups excluding carboxylic acids is 1. The highest BCUT2D eigenvalue weighted by atomic mass is 16.5. The minimum absolute atomic E-state index is 0.162. The molecule has 3 aromatic heterocycles. The average molecular weight is 526 g/mol. The molecule has 0 radical (unpaired) electrons. The van der Waals surface area contributed by atoms with Crippen molar-refractivity contribution >= 4 is 28.7 Å². The van der Waals surface area contributed by atoms with E-state index < -0.39 is 0 Å². The van der Waals surface area contributed by atoms with Crippen molar-refractivity contribution in [3.63, 3.8) is 0 Å². The van der Waals surface area contributed by atoms with Crippen molar-refractivity contribution in [2.45, 2.75) is 6.42 Å². The van der Waals surface area contributed by atoms with Gasteiger partial charge in [0.15, 0.2) is 11.6 Å². The Labute approximate surface area is 226 Å². The number of carbonyl (C=O) groups is 1. The van der Waals surface area contributed by atoms with E-state index in [0.29, 0.717) is 31.0 Å². The molecule has 2 aliphatic rings. The summed E-state index contributed by atoms with van der Waals surface area (Å²) in [7, 11) is 2.09. The van der Waals surface area contributed by atoms with Gasteiger partial charge in [-0.1, -0.05) is 24.3 Å². The quantitative estimate of drug-likeness (QED) is 0.413. The topological polar surface area (TPSA) is 126 Å². The molecule has 1 amide bonds. The molecule has 0 bridgehead atoms. The Morgan fingerprint density at radius 3 is 2.41 bits per heavy atom. The molecule has 0 spiro atoms. The third kappa shape index (κ3) is 5.50. The van der Waals surface area contributed by atoms with Crippen LogP contribution >= 0.6 is 0 Å². The van der Waals surface area contributed by atoms with E-state index in [0.717, 1.165) is 72.8 Å². The molecule has 2 aliphatic heterocycles. The van der Waals surface area contributed by atoms with Crippen LogP contribution in [-0.4, -0.2) is 100 Å². The lowest BCUT2D eigenvalue weighted by atomic mass is 10.0. The van der Waals surface area contributed by atoms with Crippen LogP contribution in [-0.2, 0) is 16.0 Å². The molecule has 200 valence electrons. The lowest BCUT2D eigenvalue weighted by Crippen LogP contribution is -2.47. The second kappa shape index (κ2) is 10.9. The van der Waals surface area contributed by atoms with Crippen LogP contribution in [0.5, 0.6) is 0 Å². The Bertz CT molecular complexity index is 1480. The van der Waals surface area contributed by atoms with Gasteiger partial charge >= 0.3 is 0 Å². The van der Waals surface area contributed by atoms with Gasteiger partial charge in [-0.05, 0) is 24.2 Å². The first-order chi connectivity index (χ1) is 19.0. The minimum atomic E-state index is 0.162. The summed E-state index contributed by atoms with van der Waals surface area (Å²) in [4.78, 5) is 42.0. The van der Waals surface area contributed by atoms with Gasteiger partial charge in [0.1, 0.15) is 5.52 Å². The number of hydrogen-bond donors (Lipinski definition) is 1. The summed E-state index contributed by atoms with van der Waals surface area (Å²) in [6, 6.07) is 10.1. The number of morpholine rings is 1. The lowest BCUT2D eigenvalue weighted by Gasteiger charge is -2.32. The second-order valence-corrected chi connectivity index (χ2v) is 9.95. The highest BCUT2D eigenvalue weighted by Gasteiger charge is 2.21. The molecule has 2 fully saturated rings. The second-order valence-electron chi connectivity index (χ2n) is 9.95. The van der Waals surface area contributed by atoms with Crippen LogP contribution in [0.4, 0.5) is 11.8 Å². The molecule has 0 saturated carbocycles. The van der Waals surface area contributed by atoms with Gasteiger partial charge in [-0.2, -0.15) is 0 Å². The van der Waals surface area contributed by atoms with Gasteiger partial charge in [0.2, 0.25) is 11.9 Å². The Morgan fingerprint density at radius 2 is 1.64 bits per heavy atom. The fourth-order valence-corrected chi connectivity index (χ4v) is 4.94. The maximum Gasteiger partial charge on any atom is 0.227 e. The van der Waals surface area contributed by atoms with E-state index in [1.165, 1.54) is 0 Å². The first kappa shape index (κ1) is 25.1. The fraction of sp³-hybridized carbons (Fsp3) is 0.357. The third-order valence-corrected chi connectivity index (χ3v) is 7.23. The summed E-state index contributed by atoms with van der Waals surface area (Å²) in [6.45, 7) is 6.06. The smallest absolute Gasteiger partial charge is 0.227 e. The van der Waals surface area contributed by atoms with Gasteiger partial charge < -0.3 is 25.2 Å². The Kier molecular flexibility index (Phi) is 6.99. The van der Waals surface area contributed by atoms with E-state index in [2.05, 4.69) is 32.9 Å². The van der Waals surface area contributed by atoms with Crippen LogP contribution in [0, 0.1) is 0 Å². The molecular formula is C28H31N9O2. The van der Waals surface area contributed by atoms with E-state index in [1.54, 1.807) is 12.4 Å². The number of hydrogen-bond acceptors (Lipinski definition) is 10. The standard InChI is InChI=1S/C28H31N9O2/c1-35-5-7-36(8-6-35)24(38)14-19-3-2-4-20(13-19)21-15-23-25(30-16-21)27(37-9-11-39-12-10-37)34-26(33-23)22-17-31-28(29)32-18-22/h2-4,13,15-18H,5-12,14H2,1H3,(H2,29,31,32). The molecular weight excluding hydrogens is 494 g/mol. The van der Waals surface area contributed by atoms with Crippen molar-refractivity contribution in [1.29, 1.82) is 0 Å². The van der Waals surface area contributed by atoms with Crippen molar-refractivity contribution in [2.75, 3.05) is 70.2 Å². The molecule has 11 nitrogen and oxygen atoms in total. The van der Waals surface area contributed by atoms with E-state index in [4.69, 9.17) is 25.4 Å². The number of anilines is 2. The van der Waals surface area contributed by atoms with Crippen LogP contribution in [0.15, 0.2) is 48.9 Å². The van der Waals surface area contributed by atoms with Gasteiger partial charge in [-0.25, -0.2) is 19.9 Å². The maximum atomic E-state index is 12.9. The highest BCUT2D eigenvalue weighted by Crippen LogP contribution is 2.30. The van der Waals surface area contributed by atoms with Gasteiger partial charge in [-0.15, -0.1) is 0 Å². The summed E-state index contributed by atoms with van der Waals surface area (Å²) in [5.74, 6) is 1.63. The van der Waals surface area contributed by atoms with Crippen molar-refractivity contribution in [1.82, 2.24) is 34.7 Å². The fourth-order valence-electron chi connectivity index (χ4n) is 4.94. The zero-order valence-corrected chi connectivity index (χ0v) is 22.0. The first-order valence-electron chi connectivity index (χ1n) is 13.2. The Balaban J connectivity index is 1.34. The number of fused-ring (bicyclic) bond motifs is 1. The van der Waals surface area contributed by atoms with Gasteiger partial charge in [0, 0.05) is 63.4 Å². The van der Waals surface area contributed by atoms with Crippen LogP contribution < -0.4 is 10.6 Å². The zero-order valence-electron chi connectivity index (χ0n) is 22.0. The third-order valence-electron chi connectivity index (χ3n) is 7.23. The SMILES string of the molecule is CN1CCN(C(=O)Cc2cccc(-c3cnc4c(N5CCOCC5)nc(-c5cnc(N)nc5)nc4c3)c2)CC1. The number of nitrogens with two attached hydrogens (primary N) is 1. The van der Waals surface area contributed by atoms with Gasteiger partial charge in [0.25, 0.3) is 0 Å². The molecule has 1 aromatic carbocycles. The molecule has 2 saturated heterocycles. The molecule has 0 aliphatic carbocycles. The summed E-state index contributed by atoms with van der Waals surface area (Å²) >= 11 is 0. The zero-order chi connectivity index (χ0) is 26.8. The summed E-state index contributed by atoms with van der Waals surface area (Å²) < 4.78 is 5.55. The average Bonchev–Trinajstić information content (AvgIpc) is 2.97. The molecule has 0 atom stereocenters. The molecule has 2 N–H and O–H groups in total. The van der Waals surface area contributed by atoms with Gasteiger partial charge in [-0.3, -0.25) is 9.78 Å². The van der Waals surface area contributed by atoms with Crippen LogP contribution in [0.1, 0.15) is 5.56 Å². The number of amides is 1. The number of nitrogens with zero attached hydrogens (tertiary/aromatic N) is 8. The number of pyridine rings is 1. The summed E-state index contributed by atoms with van der Waals surface area (Å²) in [5.41, 5.74) is 10.7. The predicted molar refractivity (Wildman–Crippen MR) is 149 cm³/mol. The predicted octanol–water partition coefficient (Wildman–Crippen LogP) is 1.88. The van der Waals surface area contributed by atoms with Crippen molar-refractivity contribution in [2.24, 2.45) is 0 Å². The molecule has 4 aromatic rings. The van der Waals surface area contributed by atoms with Crippen molar-refractivity contribution in [3.05, 3.63) is 54.5 Å². The number of rotatable bonds is 5. The Hall–Kier alpha value is -4.22. The first-order valence-corrected chi connectivity index (χ1v) is 13.2. The van der Waals surface area contributed by atoms with Crippen molar-refractivity contribution in [3.8, 4) is 22.5 Å². The number of nitrogen functional groups attached to an aromatic ring is 1. The maximum absolute atomic E-state index is 12.9. The molecule has 0 unspecified atom stereocenters. The van der Waals surface area contributed by atoms with Crippen molar-refractivity contribution < 1.29 is 9.53 Å². The Morgan fingerprint density at radius 1 is 0.897 bits per heavy atom. The lowest BCUT2D eigenvalue weighted by molar-refractivity contribution is -0.132. The van der Waals surface area contributed by atoms with E-state index in [-0.39, 0.29) is 11.9 Å². The number of aromatic nitrogens is 5. The van der Waals surface area contributed by atoms with Gasteiger partial charge in [0.05, 0.1) is 30.7 Å². The molecule has 11 heteroatoms. The highest BCUT2D eigenvalue weighted by molar-refractivity contribution is 5.90. The molecule has 39 heavy (non-hydrogen) atoms. The monoisotopic (exact) mass is 525 g/mol. The number of likely N-dealkylation sites (N-methyl/N-ethyl adjacent to an activating group) is 1. The summed E-state index contributed by atoms with van der Waals surface area (Å²) in [5, 5.41) is 0. The molecule has 5 heterocycles. The molecule has 6 rings (SSSR count). The number of ether oxygens (including phenoxy) is 1. The summed E-state index contributed by atoms with van der Waals surface area (Å²) in [6.07, 6.45) is 5.49. The minimum Gasteiger partial charge on any atom is -0.378 e. The van der Waals surface area contributed by atoms with E-state index in [1.807, 2.05) is 35.4 Å².